The van der Waals surface area contributed by atoms with Crippen molar-refractivity contribution in [2.24, 2.45) is 0 Å². The summed E-state index contributed by atoms with van der Waals surface area (Å²) < 4.78 is 6.97. The van der Waals surface area contributed by atoms with Crippen LogP contribution in [0, 0.1) is 0 Å². The number of aromatic nitrogens is 2. The molecule has 1 atom stereocenters. The van der Waals surface area contributed by atoms with Crippen LogP contribution in [-0.2, 0) is 6.54 Å². The van der Waals surface area contributed by atoms with Crippen molar-refractivity contribution in [2.45, 2.75) is 12.7 Å². The van der Waals surface area contributed by atoms with E-state index in [2.05, 4.69) is 15.7 Å². The minimum atomic E-state index is -0.0854. The van der Waals surface area contributed by atoms with Gasteiger partial charge in [0.1, 0.15) is 23.3 Å². The number of carbonyl (C=O) groups excluding carboxylic acids is 1. The average Bonchev–Trinajstić information content (AvgIpc) is 3.31. The summed E-state index contributed by atoms with van der Waals surface area (Å²) in [6.45, 7) is 1.19. The van der Waals surface area contributed by atoms with Crippen LogP contribution in [0.2, 0.25) is 0 Å². The van der Waals surface area contributed by atoms with Crippen LogP contribution in [-0.4, -0.2) is 29.3 Å². The summed E-state index contributed by atoms with van der Waals surface area (Å²) in [5.41, 5.74) is 2.56. The van der Waals surface area contributed by atoms with Gasteiger partial charge in [0.05, 0.1) is 18.5 Å². The summed E-state index contributed by atoms with van der Waals surface area (Å²) in [5.74, 6) is 0.751. The van der Waals surface area contributed by atoms with Crippen LogP contribution < -0.4 is 15.4 Å². The number of methoxy groups -OCH3 is 1. The second-order valence-corrected chi connectivity index (χ2v) is 6.74. The number of rotatable bonds is 5. The Balaban J connectivity index is 1.53. The number of benzene rings is 1. The minimum Gasteiger partial charge on any atom is -0.497 e. The zero-order chi connectivity index (χ0) is 17.2. The van der Waals surface area contributed by atoms with Crippen LogP contribution in [0.25, 0.3) is 10.6 Å². The van der Waals surface area contributed by atoms with E-state index in [1.807, 2.05) is 47.8 Å². The monoisotopic (exact) mass is 354 g/mol. The molecule has 0 aliphatic carbocycles. The molecule has 7 heteroatoms. The lowest BCUT2D eigenvalue weighted by Gasteiger charge is -2.25. The molecule has 3 heterocycles. The van der Waals surface area contributed by atoms with Gasteiger partial charge in [0, 0.05) is 6.54 Å². The fourth-order valence-electron chi connectivity index (χ4n) is 2.85. The molecule has 0 fully saturated rings. The molecule has 1 unspecified atom stereocenters. The number of carbonyl (C=O) groups is 1. The molecule has 1 aliphatic heterocycles. The largest absolute Gasteiger partial charge is 0.497 e. The van der Waals surface area contributed by atoms with Crippen molar-refractivity contribution in [3.05, 3.63) is 59.1 Å². The molecule has 25 heavy (non-hydrogen) atoms. The first-order chi connectivity index (χ1) is 12.2. The van der Waals surface area contributed by atoms with E-state index >= 15 is 0 Å². The van der Waals surface area contributed by atoms with E-state index in [4.69, 9.17) is 4.74 Å². The summed E-state index contributed by atoms with van der Waals surface area (Å²) in [6.07, 6.45) is -0.0801. The average molecular weight is 354 g/mol. The van der Waals surface area contributed by atoms with Gasteiger partial charge in [0.15, 0.2) is 0 Å². The van der Waals surface area contributed by atoms with Crippen LogP contribution in [0.1, 0.15) is 22.2 Å². The smallest absolute Gasteiger partial charge is 0.269 e. The maximum absolute atomic E-state index is 12.1. The first kappa shape index (κ1) is 15.9. The number of nitrogens with zero attached hydrogens (tertiary/aromatic N) is 2. The quantitative estimate of drug-likeness (QED) is 0.739. The highest BCUT2D eigenvalue weighted by atomic mass is 32.1. The summed E-state index contributed by atoms with van der Waals surface area (Å²) in [6, 6.07) is 13.8. The number of thiophene rings is 1. The van der Waals surface area contributed by atoms with Crippen LogP contribution in [0.5, 0.6) is 5.75 Å². The van der Waals surface area contributed by atoms with Gasteiger partial charge in [-0.25, -0.2) is 4.68 Å². The van der Waals surface area contributed by atoms with Crippen molar-refractivity contribution < 1.29 is 9.53 Å². The second kappa shape index (κ2) is 6.70. The maximum Gasteiger partial charge on any atom is 0.269 e. The van der Waals surface area contributed by atoms with E-state index in [9.17, 15) is 4.79 Å². The summed E-state index contributed by atoms with van der Waals surface area (Å²) in [4.78, 5) is 13.2. The van der Waals surface area contributed by atoms with Crippen molar-refractivity contribution in [1.82, 2.24) is 20.4 Å². The predicted octanol–water partition coefficient (Wildman–Crippen LogP) is 2.65. The van der Waals surface area contributed by atoms with Gasteiger partial charge >= 0.3 is 0 Å². The standard InChI is InChI=1S/C18H18N4O2S/c1-24-13-6-4-12(5-7-13)10-19-17-11-20-18(23)15-9-14(21-22(15)17)16-3-2-8-25-16/h2-9,17,19H,10-11H2,1H3,(H,20,23). The Hall–Kier alpha value is -2.64. The molecule has 3 aromatic rings. The number of hydrogen-bond acceptors (Lipinski definition) is 5. The number of amides is 1. The van der Waals surface area contributed by atoms with Gasteiger partial charge in [-0.2, -0.15) is 5.10 Å². The molecule has 4 rings (SSSR count). The summed E-state index contributed by atoms with van der Waals surface area (Å²) >= 11 is 1.62. The summed E-state index contributed by atoms with van der Waals surface area (Å²) in [7, 11) is 1.66. The van der Waals surface area contributed by atoms with Gasteiger partial charge in [-0.3, -0.25) is 10.1 Å². The van der Waals surface area contributed by atoms with E-state index in [1.54, 1.807) is 23.1 Å². The zero-order valence-corrected chi connectivity index (χ0v) is 14.5. The molecule has 0 bridgehead atoms. The Morgan fingerprint density at radius 1 is 1.36 bits per heavy atom. The molecule has 2 aromatic heterocycles. The van der Waals surface area contributed by atoms with Gasteiger partial charge in [0.2, 0.25) is 0 Å². The highest BCUT2D eigenvalue weighted by Crippen LogP contribution is 2.26. The van der Waals surface area contributed by atoms with Gasteiger partial charge in [-0.15, -0.1) is 11.3 Å². The van der Waals surface area contributed by atoms with Crippen molar-refractivity contribution in [2.75, 3.05) is 13.7 Å². The Bertz CT molecular complexity index is 871. The lowest BCUT2D eigenvalue weighted by Crippen LogP contribution is -2.45. The molecule has 1 amide bonds. The lowest BCUT2D eigenvalue weighted by atomic mass is 10.2. The number of hydrogen-bond donors (Lipinski definition) is 2. The topological polar surface area (TPSA) is 68.2 Å². The highest BCUT2D eigenvalue weighted by molar-refractivity contribution is 7.13. The number of ether oxygens (including phenoxy) is 1. The van der Waals surface area contributed by atoms with Crippen molar-refractivity contribution in [3.63, 3.8) is 0 Å². The minimum absolute atomic E-state index is 0.0801. The number of fused-ring (bicyclic) bond motifs is 1. The summed E-state index contributed by atoms with van der Waals surface area (Å²) in [5, 5.41) is 13.0. The van der Waals surface area contributed by atoms with Gasteiger partial charge < -0.3 is 10.1 Å². The fraction of sp³-hybridized carbons (Fsp3) is 0.222. The normalized spacial score (nSPS) is 16.4. The Morgan fingerprint density at radius 2 is 2.20 bits per heavy atom. The fourth-order valence-corrected chi connectivity index (χ4v) is 3.53. The van der Waals surface area contributed by atoms with Gasteiger partial charge in [-0.05, 0) is 35.2 Å². The Morgan fingerprint density at radius 3 is 2.92 bits per heavy atom. The van der Waals surface area contributed by atoms with Crippen LogP contribution in [0.4, 0.5) is 0 Å². The molecular formula is C18H18N4O2S. The molecule has 0 radical (unpaired) electrons. The van der Waals surface area contributed by atoms with E-state index in [0.717, 1.165) is 21.9 Å². The van der Waals surface area contributed by atoms with Crippen molar-refractivity contribution >= 4 is 17.2 Å². The molecule has 1 aliphatic rings. The van der Waals surface area contributed by atoms with E-state index in [-0.39, 0.29) is 12.1 Å². The zero-order valence-electron chi connectivity index (χ0n) is 13.7. The molecule has 0 spiro atoms. The third-order valence-corrected chi connectivity index (χ3v) is 5.09. The molecule has 128 valence electrons. The highest BCUT2D eigenvalue weighted by Gasteiger charge is 2.27. The third-order valence-electron chi connectivity index (χ3n) is 4.19. The van der Waals surface area contributed by atoms with Crippen molar-refractivity contribution in [1.29, 1.82) is 0 Å². The van der Waals surface area contributed by atoms with Crippen LogP contribution in [0.15, 0.2) is 47.8 Å². The lowest BCUT2D eigenvalue weighted by molar-refractivity contribution is 0.0900. The predicted molar refractivity (Wildman–Crippen MR) is 96.7 cm³/mol. The van der Waals surface area contributed by atoms with E-state index in [1.165, 1.54) is 0 Å². The molecule has 6 nitrogen and oxygen atoms in total. The second-order valence-electron chi connectivity index (χ2n) is 5.79. The van der Waals surface area contributed by atoms with E-state index < -0.39 is 0 Å². The van der Waals surface area contributed by atoms with E-state index in [0.29, 0.717) is 18.8 Å². The Kier molecular flexibility index (Phi) is 4.25. The molecular weight excluding hydrogens is 336 g/mol. The first-order valence-corrected chi connectivity index (χ1v) is 8.90. The number of nitrogens with one attached hydrogen (secondary N) is 2. The van der Waals surface area contributed by atoms with Crippen LogP contribution in [0.3, 0.4) is 0 Å². The maximum atomic E-state index is 12.1. The molecule has 0 saturated carbocycles. The van der Waals surface area contributed by atoms with Crippen molar-refractivity contribution in [3.8, 4) is 16.3 Å². The third kappa shape index (κ3) is 3.16. The Labute approximate surface area is 149 Å². The SMILES string of the molecule is COc1ccc(CNC2CNC(=O)c3cc(-c4cccs4)nn32)cc1. The molecule has 0 saturated heterocycles. The van der Waals surface area contributed by atoms with Gasteiger partial charge in [0.25, 0.3) is 5.91 Å². The van der Waals surface area contributed by atoms with Gasteiger partial charge in [-0.1, -0.05) is 18.2 Å². The first-order valence-electron chi connectivity index (χ1n) is 8.02. The van der Waals surface area contributed by atoms with Crippen LogP contribution >= 0.6 is 11.3 Å². The molecule has 1 aromatic carbocycles. The molecule has 2 N–H and O–H groups in total.